The molecule has 0 amide bonds. The summed E-state index contributed by atoms with van der Waals surface area (Å²) in [4.78, 5) is 16.7. The first-order valence-corrected chi connectivity index (χ1v) is 10.6. The van der Waals surface area contributed by atoms with Gasteiger partial charge in [0.05, 0.1) is 12.8 Å². The van der Waals surface area contributed by atoms with Crippen molar-refractivity contribution in [2.24, 2.45) is 4.99 Å². The Kier molecular flexibility index (Phi) is 7.82. The van der Waals surface area contributed by atoms with Crippen molar-refractivity contribution >= 4 is 11.7 Å². The fraction of sp³-hybridized carbons (Fsp3) is 0.385. The van der Waals surface area contributed by atoms with Crippen LogP contribution in [0.5, 0.6) is 0 Å². The fourth-order valence-corrected chi connectivity index (χ4v) is 3.67. The topological polar surface area (TPSA) is 58.9 Å². The number of aliphatic hydroxyl groups is 1. The number of rotatable bonds is 6. The second-order valence-electron chi connectivity index (χ2n) is 7.70. The van der Waals surface area contributed by atoms with E-state index in [-0.39, 0.29) is 12.4 Å². The molecular formula is C26H29NO3. The summed E-state index contributed by atoms with van der Waals surface area (Å²) in [5.41, 5.74) is 1.86. The van der Waals surface area contributed by atoms with Crippen molar-refractivity contribution < 1.29 is 14.6 Å². The number of hydrogen-bond acceptors (Lipinski definition) is 4. The zero-order valence-corrected chi connectivity index (χ0v) is 17.5. The van der Waals surface area contributed by atoms with Gasteiger partial charge in [-0.05, 0) is 32.1 Å². The van der Waals surface area contributed by atoms with Gasteiger partial charge in [0.2, 0.25) is 0 Å². The predicted molar refractivity (Wildman–Crippen MR) is 119 cm³/mol. The smallest absolute Gasteiger partial charge is 0.305 e. The SMILES string of the molecule is COC(=O)CCC(C#CC1(O)CCCCC1)N=C(c1ccccc1)c1ccccc1. The van der Waals surface area contributed by atoms with Crippen LogP contribution in [0.25, 0.3) is 0 Å². The van der Waals surface area contributed by atoms with Crippen LogP contribution in [0, 0.1) is 11.8 Å². The van der Waals surface area contributed by atoms with Crippen molar-refractivity contribution in [3.8, 4) is 11.8 Å². The van der Waals surface area contributed by atoms with Crippen LogP contribution in [-0.4, -0.2) is 35.5 Å². The zero-order chi connectivity index (χ0) is 21.2. The predicted octanol–water partition coefficient (Wildman–Crippen LogP) is 4.54. The van der Waals surface area contributed by atoms with E-state index in [9.17, 15) is 9.90 Å². The number of aliphatic imine (C=N–C) groups is 1. The average Bonchev–Trinajstić information content (AvgIpc) is 2.80. The molecule has 30 heavy (non-hydrogen) atoms. The van der Waals surface area contributed by atoms with E-state index in [4.69, 9.17) is 9.73 Å². The summed E-state index contributed by atoms with van der Waals surface area (Å²) in [5, 5.41) is 10.8. The highest BCUT2D eigenvalue weighted by molar-refractivity contribution is 6.13. The third-order valence-electron chi connectivity index (χ3n) is 5.38. The normalized spacial score (nSPS) is 15.9. The van der Waals surface area contributed by atoms with Crippen molar-refractivity contribution in [3.63, 3.8) is 0 Å². The molecule has 1 saturated carbocycles. The molecule has 4 nitrogen and oxygen atoms in total. The van der Waals surface area contributed by atoms with E-state index in [0.717, 1.165) is 36.1 Å². The van der Waals surface area contributed by atoms with E-state index in [0.29, 0.717) is 19.3 Å². The van der Waals surface area contributed by atoms with Crippen molar-refractivity contribution in [2.75, 3.05) is 7.11 Å². The maximum Gasteiger partial charge on any atom is 0.305 e. The Balaban J connectivity index is 1.96. The van der Waals surface area contributed by atoms with Gasteiger partial charge in [-0.1, -0.05) is 78.9 Å². The van der Waals surface area contributed by atoms with Crippen LogP contribution in [0.1, 0.15) is 56.1 Å². The number of carbonyl (C=O) groups is 1. The molecule has 0 aliphatic heterocycles. The summed E-state index contributed by atoms with van der Waals surface area (Å²) in [7, 11) is 1.39. The largest absolute Gasteiger partial charge is 0.469 e. The van der Waals surface area contributed by atoms with Gasteiger partial charge in [0.1, 0.15) is 11.6 Å². The molecule has 0 saturated heterocycles. The molecule has 1 N–H and O–H groups in total. The number of methoxy groups -OCH3 is 1. The molecule has 1 aliphatic carbocycles. The molecule has 0 radical (unpaired) electrons. The second-order valence-corrected chi connectivity index (χ2v) is 7.70. The van der Waals surface area contributed by atoms with E-state index in [1.165, 1.54) is 7.11 Å². The van der Waals surface area contributed by atoms with Crippen molar-refractivity contribution in [1.82, 2.24) is 0 Å². The Morgan fingerprint density at radius 3 is 2.13 bits per heavy atom. The molecular weight excluding hydrogens is 374 g/mol. The van der Waals surface area contributed by atoms with E-state index in [1.54, 1.807) is 0 Å². The van der Waals surface area contributed by atoms with Crippen LogP contribution in [0.3, 0.4) is 0 Å². The maximum absolute atomic E-state index is 11.7. The van der Waals surface area contributed by atoms with Gasteiger partial charge >= 0.3 is 5.97 Å². The van der Waals surface area contributed by atoms with Crippen LogP contribution < -0.4 is 0 Å². The van der Waals surface area contributed by atoms with Gasteiger partial charge in [-0.25, -0.2) is 0 Å². The molecule has 156 valence electrons. The molecule has 2 aromatic carbocycles. The van der Waals surface area contributed by atoms with E-state index in [2.05, 4.69) is 11.8 Å². The number of hydrogen-bond donors (Lipinski definition) is 1. The number of esters is 1. The van der Waals surface area contributed by atoms with E-state index < -0.39 is 11.6 Å². The molecule has 0 heterocycles. The summed E-state index contributed by atoms with van der Waals surface area (Å²) in [6.45, 7) is 0. The Morgan fingerprint density at radius 1 is 1.03 bits per heavy atom. The molecule has 1 aliphatic rings. The Hall–Kier alpha value is -2.90. The first-order valence-electron chi connectivity index (χ1n) is 10.6. The van der Waals surface area contributed by atoms with Gasteiger partial charge in [-0.15, -0.1) is 0 Å². The first kappa shape index (κ1) is 21.8. The minimum atomic E-state index is -0.947. The summed E-state index contributed by atoms with van der Waals surface area (Å²) >= 11 is 0. The van der Waals surface area contributed by atoms with Gasteiger partial charge in [-0.3, -0.25) is 9.79 Å². The lowest BCUT2D eigenvalue weighted by Crippen LogP contribution is -2.29. The number of ether oxygens (including phenoxy) is 1. The third kappa shape index (κ3) is 6.30. The Morgan fingerprint density at radius 2 is 1.60 bits per heavy atom. The van der Waals surface area contributed by atoms with Crippen molar-refractivity contribution in [3.05, 3.63) is 71.8 Å². The van der Waals surface area contributed by atoms with Crippen LogP contribution >= 0.6 is 0 Å². The lowest BCUT2D eigenvalue weighted by molar-refractivity contribution is -0.140. The van der Waals surface area contributed by atoms with E-state index in [1.807, 2.05) is 60.7 Å². The summed E-state index contributed by atoms with van der Waals surface area (Å²) in [6.07, 6.45) is 5.17. The number of benzene rings is 2. The first-order chi connectivity index (χ1) is 14.6. The molecule has 1 fully saturated rings. The minimum absolute atomic E-state index is 0.231. The lowest BCUT2D eigenvalue weighted by atomic mass is 9.85. The van der Waals surface area contributed by atoms with Gasteiger partial charge in [-0.2, -0.15) is 0 Å². The number of nitrogens with zero attached hydrogens (tertiary/aromatic N) is 1. The van der Waals surface area contributed by atoms with Crippen LogP contribution in [0.2, 0.25) is 0 Å². The quantitative estimate of drug-likeness (QED) is 0.437. The molecule has 0 aromatic heterocycles. The lowest BCUT2D eigenvalue weighted by Gasteiger charge is -2.26. The molecule has 3 rings (SSSR count). The van der Waals surface area contributed by atoms with Crippen molar-refractivity contribution in [1.29, 1.82) is 0 Å². The monoisotopic (exact) mass is 403 g/mol. The van der Waals surface area contributed by atoms with Gasteiger partial charge in [0.15, 0.2) is 0 Å². The standard InChI is InChI=1S/C26H29NO3/c1-30-24(28)16-15-23(17-20-26(29)18-9-4-10-19-26)27-25(21-11-5-2-6-12-21)22-13-7-3-8-14-22/h2-3,5-8,11-14,23,29H,4,9-10,15-16,18-19H2,1H3. The molecule has 1 atom stereocenters. The number of carbonyl (C=O) groups excluding carboxylic acids is 1. The van der Waals surface area contributed by atoms with Gasteiger partial charge < -0.3 is 9.84 Å². The Labute approximate surface area is 179 Å². The molecule has 2 aromatic rings. The second kappa shape index (κ2) is 10.8. The van der Waals surface area contributed by atoms with Crippen LogP contribution in [0.4, 0.5) is 0 Å². The highest BCUT2D eigenvalue weighted by atomic mass is 16.5. The Bertz CT molecular complexity index is 862. The summed E-state index contributed by atoms with van der Waals surface area (Å²) in [5.74, 6) is 6.00. The van der Waals surface area contributed by atoms with Crippen molar-refractivity contribution in [2.45, 2.75) is 56.6 Å². The maximum atomic E-state index is 11.7. The fourth-order valence-electron chi connectivity index (χ4n) is 3.67. The third-order valence-corrected chi connectivity index (χ3v) is 5.38. The van der Waals surface area contributed by atoms with Crippen LogP contribution in [0.15, 0.2) is 65.7 Å². The average molecular weight is 404 g/mol. The highest BCUT2D eigenvalue weighted by Gasteiger charge is 2.27. The molecule has 0 spiro atoms. The molecule has 1 unspecified atom stereocenters. The highest BCUT2D eigenvalue weighted by Crippen LogP contribution is 2.27. The van der Waals surface area contributed by atoms with Gasteiger partial charge in [0.25, 0.3) is 0 Å². The van der Waals surface area contributed by atoms with Crippen LogP contribution in [-0.2, 0) is 9.53 Å². The summed E-state index contributed by atoms with van der Waals surface area (Å²) in [6, 6.07) is 19.5. The van der Waals surface area contributed by atoms with Gasteiger partial charge in [0, 0.05) is 17.5 Å². The minimum Gasteiger partial charge on any atom is -0.469 e. The van der Waals surface area contributed by atoms with E-state index >= 15 is 0 Å². The zero-order valence-electron chi connectivity index (χ0n) is 17.5. The summed E-state index contributed by atoms with van der Waals surface area (Å²) < 4.78 is 4.80. The molecule has 0 bridgehead atoms. The molecule has 4 heteroatoms.